The molecule has 1 amide bonds. The molecule has 4 N–H and O–H groups in total. The molecule has 0 atom stereocenters. The van der Waals surface area contributed by atoms with Gasteiger partial charge in [0.05, 0.1) is 0 Å². The van der Waals surface area contributed by atoms with Crippen LogP contribution >= 0.6 is 0 Å². The maximum atomic E-state index is 11.3. The van der Waals surface area contributed by atoms with Crippen molar-refractivity contribution in [3.05, 3.63) is 0 Å². The second kappa shape index (κ2) is 11.4. The molecule has 100 valence electrons. The molecular formula is C12H24N2O3. The summed E-state index contributed by atoms with van der Waals surface area (Å²) in [6.45, 7) is 1.44. The molecule has 0 saturated heterocycles. The van der Waals surface area contributed by atoms with E-state index in [9.17, 15) is 9.59 Å². The van der Waals surface area contributed by atoms with Crippen molar-refractivity contribution < 1.29 is 14.7 Å². The predicted octanol–water partition coefficient (Wildman–Crippen LogP) is 1.27. The number of carbonyl (C=O) groups excluding carboxylic acids is 1. The summed E-state index contributed by atoms with van der Waals surface area (Å²) >= 11 is 0. The molecule has 5 heteroatoms. The Bertz CT molecular complexity index is 220. The van der Waals surface area contributed by atoms with Crippen molar-refractivity contribution in [1.29, 1.82) is 0 Å². The Hall–Kier alpha value is -1.10. The molecule has 0 fully saturated rings. The van der Waals surface area contributed by atoms with Crippen LogP contribution in [0.25, 0.3) is 0 Å². The third-order valence-electron chi connectivity index (χ3n) is 2.50. The third kappa shape index (κ3) is 12.8. The number of carboxylic acid groups (broad SMARTS) is 1. The number of carboxylic acids is 1. The Labute approximate surface area is 103 Å². The Morgan fingerprint density at radius 1 is 0.941 bits per heavy atom. The fourth-order valence-corrected chi connectivity index (χ4v) is 1.50. The van der Waals surface area contributed by atoms with Gasteiger partial charge in [-0.05, 0) is 32.2 Å². The van der Waals surface area contributed by atoms with Crippen LogP contribution in [0.15, 0.2) is 0 Å². The minimum absolute atomic E-state index is 0.0224. The zero-order chi connectivity index (χ0) is 12.9. The second-order valence-corrected chi connectivity index (χ2v) is 4.15. The van der Waals surface area contributed by atoms with Crippen molar-refractivity contribution in [3.8, 4) is 0 Å². The van der Waals surface area contributed by atoms with E-state index < -0.39 is 5.97 Å². The zero-order valence-corrected chi connectivity index (χ0v) is 10.4. The van der Waals surface area contributed by atoms with Crippen LogP contribution in [0.5, 0.6) is 0 Å². The first kappa shape index (κ1) is 15.9. The van der Waals surface area contributed by atoms with Crippen LogP contribution in [-0.2, 0) is 9.59 Å². The minimum Gasteiger partial charge on any atom is -0.481 e. The molecule has 0 saturated carbocycles. The minimum atomic E-state index is -0.801. The Morgan fingerprint density at radius 2 is 1.59 bits per heavy atom. The van der Waals surface area contributed by atoms with Gasteiger partial charge < -0.3 is 16.2 Å². The van der Waals surface area contributed by atoms with E-state index in [2.05, 4.69) is 5.32 Å². The third-order valence-corrected chi connectivity index (χ3v) is 2.50. The van der Waals surface area contributed by atoms with Crippen molar-refractivity contribution in [2.45, 2.75) is 51.4 Å². The van der Waals surface area contributed by atoms with E-state index in [0.717, 1.165) is 32.2 Å². The molecule has 0 spiro atoms. The maximum absolute atomic E-state index is 11.3. The number of rotatable bonds is 11. The average Bonchev–Trinajstić information content (AvgIpc) is 2.29. The van der Waals surface area contributed by atoms with Gasteiger partial charge in [0, 0.05) is 19.4 Å². The van der Waals surface area contributed by atoms with E-state index in [1.807, 2.05) is 0 Å². The quantitative estimate of drug-likeness (QED) is 0.477. The molecule has 5 nitrogen and oxygen atoms in total. The SMILES string of the molecule is NCCCCCCNC(=O)CCCCC(=O)O. The molecular weight excluding hydrogens is 220 g/mol. The number of carbonyl (C=O) groups is 2. The van der Waals surface area contributed by atoms with Gasteiger partial charge in [-0.3, -0.25) is 9.59 Å². The molecule has 0 unspecified atom stereocenters. The van der Waals surface area contributed by atoms with Crippen molar-refractivity contribution in [1.82, 2.24) is 5.32 Å². The number of aliphatic carboxylic acids is 1. The maximum Gasteiger partial charge on any atom is 0.303 e. The van der Waals surface area contributed by atoms with Gasteiger partial charge in [0.1, 0.15) is 0 Å². The molecule has 17 heavy (non-hydrogen) atoms. The van der Waals surface area contributed by atoms with Gasteiger partial charge in [0.2, 0.25) is 5.91 Å². The highest BCUT2D eigenvalue weighted by Gasteiger charge is 2.02. The van der Waals surface area contributed by atoms with E-state index in [-0.39, 0.29) is 12.3 Å². The van der Waals surface area contributed by atoms with Gasteiger partial charge in [-0.15, -0.1) is 0 Å². The van der Waals surface area contributed by atoms with E-state index in [4.69, 9.17) is 10.8 Å². The molecule has 0 rings (SSSR count). The first-order valence-corrected chi connectivity index (χ1v) is 6.35. The Morgan fingerprint density at radius 3 is 2.24 bits per heavy atom. The number of hydrogen-bond donors (Lipinski definition) is 3. The second-order valence-electron chi connectivity index (χ2n) is 4.15. The van der Waals surface area contributed by atoms with E-state index >= 15 is 0 Å². The highest BCUT2D eigenvalue weighted by molar-refractivity contribution is 5.75. The van der Waals surface area contributed by atoms with Gasteiger partial charge in [0.15, 0.2) is 0 Å². The highest BCUT2D eigenvalue weighted by Crippen LogP contribution is 2.00. The van der Waals surface area contributed by atoms with Crippen LogP contribution in [0.3, 0.4) is 0 Å². The van der Waals surface area contributed by atoms with E-state index in [1.54, 1.807) is 0 Å². The lowest BCUT2D eigenvalue weighted by Gasteiger charge is -2.04. The van der Waals surface area contributed by atoms with Crippen molar-refractivity contribution in [3.63, 3.8) is 0 Å². The molecule has 0 aromatic carbocycles. The van der Waals surface area contributed by atoms with Crippen LogP contribution in [0.1, 0.15) is 51.4 Å². The van der Waals surface area contributed by atoms with Gasteiger partial charge in [-0.2, -0.15) is 0 Å². The number of nitrogens with two attached hydrogens (primary N) is 1. The molecule has 0 radical (unpaired) electrons. The number of hydrogen-bond acceptors (Lipinski definition) is 3. The van der Waals surface area contributed by atoms with Gasteiger partial charge in [-0.25, -0.2) is 0 Å². The van der Waals surface area contributed by atoms with E-state index in [1.165, 1.54) is 0 Å². The summed E-state index contributed by atoms with van der Waals surface area (Å²) in [7, 11) is 0. The summed E-state index contributed by atoms with van der Waals surface area (Å²) in [6, 6.07) is 0. The van der Waals surface area contributed by atoms with Crippen molar-refractivity contribution in [2.24, 2.45) is 5.73 Å². The van der Waals surface area contributed by atoms with Crippen molar-refractivity contribution in [2.75, 3.05) is 13.1 Å². The van der Waals surface area contributed by atoms with Crippen molar-refractivity contribution >= 4 is 11.9 Å². The smallest absolute Gasteiger partial charge is 0.303 e. The molecule has 0 bridgehead atoms. The van der Waals surface area contributed by atoms with Gasteiger partial charge in [0.25, 0.3) is 0 Å². The summed E-state index contributed by atoms with van der Waals surface area (Å²) in [4.78, 5) is 21.5. The van der Waals surface area contributed by atoms with Crippen LogP contribution in [0.4, 0.5) is 0 Å². The largest absolute Gasteiger partial charge is 0.481 e. The Kier molecular flexibility index (Phi) is 10.7. The molecule has 0 aliphatic rings. The summed E-state index contributed by atoms with van der Waals surface area (Å²) in [5.41, 5.74) is 5.37. The molecule has 0 aliphatic carbocycles. The standard InChI is InChI=1S/C12H24N2O3/c13-9-5-1-2-6-10-14-11(15)7-3-4-8-12(16)17/h1-10,13H2,(H,14,15)(H,16,17). The van der Waals surface area contributed by atoms with Crippen LogP contribution in [0, 0.1) is 0 Å². The lowest BCUT2D eigenvalue weighted by Crippen LogP contribution is -2.24. The van der Waals surface area contributed by atoms with Gasteiger partial charge >= 0.3 is 5.97 Å². The molecule has 0 aromatic rings. The Balaban J connectivity index is 3.20. The number of nitrogens with one attached hydrogen (secondary N) is 1. The fourth-order valence-electron chi connectivity index (χ4n) is 1.50. The predicted molar refractivity (Wildman–Crippen MR) is 66.6 cm³/mol. The molecule has 0 aliphatic heterocycles. The summed E-state index contributed by atoms with van der Waals surface area (Å²) < 4.78 is 0. The monoisotopic (exact) mass is 244 g/mol. The summed E-state index contributed by atoms with van der Waals surface area (Å²) in [6.07, 6.45) is 6.03. The fraction of sp³-hybridized carbons (Fsp3) is 0.833. The topological polar surface area (TPSA) is 92.4 Å². The highest BCUT2D eigenvalue weighted by atomic mass is 16.4. The normalized spacial score (nSPS) is 10.2. The van der Waals surface area contributed by atoms with Crippen LogP contribution in [-0.4, -0.2) is 30.1 Å². The first-order valence-electron chi connectivity index (χ1n) is 6.35. The summed E-state index contributed by atoms with van der Waals surface area (Å²) in [5, 5.41) is 11.2. The average molecular weight is 244 g/mol. The number of amides is 1. The lowest BCUT2D eigenvalue weighted by molar-refractivity contribution is -0.137. The zero-order valence-electron chi connectivity index (χ0n) is 10.4. The lowest BCUT2D eigenvalue weighted by atomic mass is 10.1. The number of unbranched alkanes of at least 4 members (excludes halogenated alkanes) is 4. The van der Waals surface area contributed by atoms with Crippen LogP contribution in [0.2, 0.25) is 0 Å². The van der Waals surface area contributed by atoms with Gasteiger partial charge in [-0.1, -0.05) is 12.8 Å². The molecule has 0 heterocycles. The molecule has 0 aromatic heterocycles. The van der Waals surface area contributed by atoms with Crippen LogP contribution < -0.4 is 11.1 Å². The first-order chi connectivity index (χ1) is 8.16. The van der Waals surface area contributed by atoms with E-state index in [0.29, 0.717) is 25.8 Å². The summed E-state index contributed by atoms with van der Waals surface area (Å²) in [5.74, 6) is -0.778.